The van der Waals surface area contributed by atoms with Gasteiger partial charge >= 0.3 is 0 Å². The van der Waals surface area contributed by atoms with Crippen LogP contribution in [0.3, 0.4) is 0 Å². The van der Waals surface area contributed by atoms with Crippen molar-refractivity contribution in [2.24, 2.45) is 0 Å². The van der Waals surface area contributed by atoms with E-state index in [0.29, 0.717) is 11.0 Å². The monoisotopic (exact) mass is 251 g/mol. The molecule has 0 aliphatic rings. The molecule has 2 aromatic rings. The largest absolute Gasteiger partial charge is 0.297 e. The van der Waals surface area contributed by atoms with Gasteiger partial charge in [-0.25, -0.2) is 9.97 Å². The molecule has 90 valence electrons. The van der Waals surface area contributed by atoms with Gasteiger partial charge in [-0.1, -0.05) is 6.92 Å². The molecule has 2 aromatic heterocycles. The lowest BCUT2D eigenvalue weighted by Crippen LogP contribution is -2.13. The van der Waals surface area contributed by atoms with Gasteiger partial charge in [-0.15, -0.1) is 16.4 Å². The summed E-state index contributed by atoms with van der Waals surface area (Å²) >= 11 is 1.44. The van der Waals surface area contributed by atoms with Crippen molar-refractivity contribution in [2.75, 3.05) is 5.32 Å². The van der Waals surface area contributed by atoms with Gasteiger partial charge in [0.15, 0.2) is 5.13 Å². The SMILES string of the molecule is CCc1nc(C(=O)Nc2nc(C)c(C)s2)n[nH]1. The predicted octanol–water partition coefficient (Wildman–Crippen LogP) is 1.69. The highest BCUT2D eigenvalue weighted by Crippen LogP contribution is 2.21. The molecule has 0 saturated heterocycles. The number of nitrogens with one attached hydrogen (secondary N) is 2. The maximum atomic E-state index is 11.8. The lowest BCUT2D eigenvalue weighted by Gasteiger charge is -1.95. The van der Waals surface area contributed by atoms with E-state index < -0.39 is 0 Å². The van der Waals surface area contributed by atoms with Crippen LogP contribution in [0, 0.1) is 13.8 Å². The number of nitrogens with zero attached hydrogens (tertiary/aromatic N) is 3. The minimum atomic E-state index is -0.338. The number of carbonyl (C=O) groups excluding carboxylic acids is 1. The van der Waals surface area contributed by atoms with Gasteiger partial charge in [0, 0.05) is 11.3 Å². The van der Waals surface area contributed by atoms with Gasteiger partial charge in [0.2, 0.25) is 5.82 Å². The van der Waals surface area contributed by atoms with Crippen LogP contribution in [-0.2, 0) is 6.42 Å². The van der Waals surface area contributed by atoms with E-state index in [1.165, 1.54) is 11.3 Å². The van der Waals surface area contributed by atoms with Gasteiger partial charge < -0.3 is 0 Å². The third-order valence-electron chi connectivity index (χ3n) is 2.32. The number of amides is 1. The van der Waals surface area contributed by atoms with Crippen LogP contribution in [0.5, 0.6) is 0 Å². The Morgan fingerprint density at radius 3 is 2.71 bits per heavy atom. The predicted molar refractivity (Wildman–Crippen MR) is 65.3 cm³/mol. The van der Waals surface area contributed by atoms with E-state index in [-0.39, 0.29) is 11.7 Å². The second-order valence-electron chi connectivity index (χ2n) is 3.57. The summed E-state index contributed by atoms with van der Waals surface area (Å²) < 4.78 is 0. The standard InChI is InChI=1S/C10H13N5OS/c1-4-7-12-8(15-14-7)9(16)13-10-11-5(2)6(3)17-10/h4H2,1-3H3,(H,11,13,16)(H,12,14,15). The molecule has 0 aromatic carbocycles. The van der Waals surface area contributed by atoms with Crippen molar-refractivity contribution >= 4 is 22.4 Å². The molecule has 1 amide bonds. The Morgan fingerprint density at radius 1 is 1.41 bits per heavy atom. The number of thiazole rings is 1. The van der Waals surface area contributed by atoms with Crippen molar-refractivity contribution in [3.63, 3.8) is 0 Å². The van der Waals surface area contributed by atoms with E-state index in [4.69, 9.17) is 0 Å². The molecule has 0 atom stereocenters. The van der Waals surface area contributed by atoms with Crippen LogP contribution < -0.4 is 5.32 Å². The Bertz CT molecular complexity index is 525. The molecule has 0 radical (unpaired) electrons. The number of hydrogen-bond donors (Lipinski definition) is 2. The molecular formula is C10H13N5OS. The maximum absolute atomic E-state index is 11.8. The van der Waals surface area contributed by atoms with Crippen LogP contribution in [0.2, 0.25) is 0 Å². The molecule has 2 heterocycles. The molecule has 7 heteroatoms. The van der Waals surface area contributed by atoms with E-state index in [1.807, 2.05) is 20.8 Å². The molecule has 0 unspecified atom stereocenters. The molecule has 0 aliphatic heterocycles. The van der Waals surface area contributed by atoms with Crippen molar-refractivity contribution in [3.8, 4) is 0 Å². The first kappa shape index (κ1) is 11.7. The zero-order valence-corrected chi connectivity index (χ0v) is 10.7. The minimum Gasteiger partial charge on any atom is -0.295 e. The van der Waals surface area contributed by atoms with Gasteiger partial charge in [-0.2, -0.15) is 0 Å². The molecule has 0 bridgehead atoms. The van der Waals surface area contributed by atoms with Gasteiger partial charge in [0.25, 0.3) is 5.91 Å². The van der Waals surface area contributed by atoms with E-state index in [0.717, 1.165) is 17.0 Å². The zero-order chi connectivity index (χ0) is 12.4. The average Bonchev–Trinajstić information content (AvgIpc) is 2.87. The number of aromatic amines is 1. The van der Waals surface area contributed by atoms with Crippen molar-refractivity contribution in [1.82, 2.24) is 20.2 Å². The van der Waals surface area contributed by atoms with Crippen molar-refractivity contribution in [3.05, 3.63) is 22.2 Å². The molecule has 0 saturated carbocycles. The highest BCUT2D eigenvalue weighted by molar-refractivity contribution is 7.15. The van der Waals surface area contributed by atoms with Crippen molar-refractivity contribution < 1.29 is 4.79 Å². The minimum absolute atomic E-state index is 0.146. The first-order valence-corrected chi connectivity index (χ1v) is 6.08. The Hall–Kier alpha value is -1.76. The van der Waals surface area contributed by atoms with E-state index in [9.17, 15) is 4.79 Å². The van der Waals surface area contributed by atoms with Crippen molar-refractivity contribution in [2.45, 2.75) is 27.2 Å². The summed E-state index contributed by atoms with van der Waals surface area (Å²) in [6, 6.07) is 0. The Morgan fingerprint density at radius 2 is 2.18 bits per heavy atom. The number of rotatable bonds is 3. The fraction of sp³-hybridized carbons (Fsp3) is 0.400. The Labute approximate surface area is 103 Å². The van der Waals surface area contributed by atoms with Crippen molar-refractivity contribution in [1.29, 1.82) is 0 Å². The lowest BCUT2D eigenvalue weighted by molar-refractivity contribution is 0.101. The van der Waals surface area contributed by atoms with Crippen LogP contribution in [-0.4, -0.2) is 26.1 Å². The van der Waals surface area contributed by atoms with E-state index in [1.54, 1.807) is 0 Å². The Balaban J connectivity index is 2.11. The quantitative estimate of drug-likeness (QED) is 0.869. The molecule has 2 N–H and O–H groups in total. The number of anilines is 1. The third-order valence-corrected chi connectivity index (χ3v) is 3.31. The van der Waals surface area contributed by atoms with Gasteiger partial charge in [-0.05, 0) is 13.8 Å². The third kappa shape index (κ3) is 2.50. The second kappa shape index (κ2) is 4.62. The number of H-pyrrole nitrogens is 1. The molecule has 0 fully saturated rings. The van der Waals surface area contributed by atoms with Crippen LogP contribution in [0.4, 0.5) is 5.13 Å². The fourth-order valence-electron chi connectivity index (χ4n) is 1.23. The summed E-state index contributed by atoms with van der Waals surface area (Å²) in [5, 5.41) is 9.80. The van der Waals surface area contributed by atoms with Gasteiger partial charge in [0.05, 0.1) is 5.69 Å². The average molecular weight is 251 g/mol. The van der Waals surface area contributed by atoms with Gasteiger partial charge in [0.1, 0.15) is 5.82 Å². The molecule has 6 nitrogen and oxygen atoms in total. The van der Waals surface area contributed by atoms with Crippen LogP contribution in [0.25, 0.3) is 0 Å². The molecule has 0 spiro atoms. The highest BCUT2D eigenvalue weighted by Gasteiger charge is 2.14. The second-order valence-corrected chi connectivity index (χ2v) is 4.78. The smallest absolute Gasteiger partial charge is 0.295 e. The van der Waals surface area contributed by atoms with Crippen LogP contribution in [0.1, 0.15) is 33.9 Å². The lowest BCUT2D eigenvalue weighted by atomic mass is 10.4. The highest BCUT2D eigenvalue weighted by atomic mass is 32.1. The van der Waals surface area contributed by atoms with Crippen LogP contribution >= 0.6 is 11.3 Å². The normalized spacial score (nSPS) is 10.5. The first-order valence-electron chi connectivity index (χ1n) is 5.26. The fourth-order valence-corrected chi connectivity index (χ4v) is 2.04. The summed E-state index contributed by atoms with van der Waals surface area (Å²) in [6.07, 6.45) is 0.718. The van der Waals surface area contributed by atoms with E-state index >= 15 is 0 Å². The summed E-state index contributed by atoms with van der Waals surface area (Å²) in [5.74, 6) is 0.503. The number of hydrogen-bond acceptors (Lipinski definition) is 5. The maximum Gasteiger partial charge on any atom is 0.297 e. The molecule has 17 heavy (non-hydrogen) atoms. The molecule has 0 aliphatic carbocycles. The first-order chi connectivity index (χ1) is 8.10. The number of carbonyl (C=O) groups is 1. The number of aryl methyl sites for hydroxylation is 3. The summed E-state index contributed by atoms with van der Waals surface area (Å²) in [4.78, 5) is 21.1. The van der Waals surface area contributed by atoms with Gasteiger partial charge in [-0.3, -0.25) is 15.2 Å². The van der Waals surface area contributed by atoms with E-state index in [2.05, 4.69) is 25.5 Å². The van der Waals surface area contributed by atoms with Crippen LogP contribution in [0.15, 0.2) is 0 Å². The summed E-state index contributed by atoms with van der Waals surface area (Å²) in [6.45, 7) is 5.81. The molecular weight excluding hydrogens is 238 g/mol. The Kier molecular flexibility index (Phi) is 3.19. The zero-order valence-electron chi connectivity index (χ0n) is 9.87. The number of aromatic nitrogens is 4. The summed E-state index contributed by atoms with van der Waals surface area (Å²) in [5.41, 5.74) is 0.925. The topological polar surface area (TPSA) is 83.6 Å². The summed E-state index contributed by atoms with van der Waals surface area (Å²) in [7, 11) is 0. The molecule has 2 rings (SSSR count).